The molecule has 5 heteroatoms. The summed E-state index contributed by atoms with van der Waals surface area (Å²) in [7, 11) is 0. The summed E-state index contributed by atoms with van der Waals surface area (Å²) >= 11 is 0. The van der Waals surface area contributed by atoms with E-state index in [1.165, 1.54) is 0 Å². The van der Waals surface area contributed by atoms with Gasteiger partial charge in [-0.1, -0.05) is 25.1 Å². The molecule has 0 aliphatic carbocycles. The summed E-state index contributed by atoms with van der Waals surface area (Å²) in [6.07, 6.45) is 0.469. The van der Waals surface area contributed by atoms with Gasteiger partial charge in [0.2, 0.25) is 5.91 Å². The summed E-state index contributed by atoms with van der Waals surface area (Å²) in [5.41, 5.74) is 2.46. The zero-order chi connectivity index (χ0) is 15.2. The summed E-state index contributed by atoms with van der Waals surface area (Å²) < 4.78 is 0. The highest BCUT2D eigenvalue weighted by Crippen LogP contribution is 2.22. The van der Waals surface area contributed by atoms with Gasteiger partial charge in [-0.3, -0.25) is 4.79 Å². The molecule has 0 spiro atoms. The smallest absolute Gasteiger partial charge is 0.219 e. The lowest BCUT2D eigenvalue weighted by atomic mass is 10.1. The molecule has 0 saturated carbocycles. The fraction of sp³-hybridized carbons (Fsp3) is 0.312. The number of carbonyl (C=O) groups excluding carboxylic acids is 1. The summed E-state index contributed by atoms with van der Waals surface area (Å²) in [6, 6.07) is 9.88. The minimum Gasteiger partial charge on any atom is -0.367 e. The number of benzene rings is 1. The lowest BCUT2D eigenvalue weighted by molar-refractivity contribution is -0.120. The molecule has 0 unspecified atom stereocenters. The van der Waals surface area contributed by atoms with Crippen molar-refractivity contribution < 1.29 is 4.79 Å². The summed E-state index contributed by atoms with van der Waals surface area (Å²) in [4.78, 5) is 15.7. The molecule has 1 aromatic carbocycles. The number of hydrogen-bond acceptors (Lipinski definition) is 4. The SMILES string of the molecule is CCC(=O)NCCNc1nc2c(C)cccc2cc1C#N. The second-order valence-corrected chi connectivity index (χ2v) is 4.77. The summed E-state index contributed by atoms with van der Waals surface area (Å²) in [5.74, 6) is 0.574. The van der Waals surface area contributed by atoms with E-state index in [0.717, 1.165) is 16.5 Å². The Morgan fingerprint density at radius 2 is 2.19 bits per heavy atom. The molecule has 0 radical (unpaired) electrons. The van der Waals surface area contributed by atoms with Crippen LogP contribution in [0.15, 0.2) is 24.3 Å². The Bertz CT molecular complexity index is 703. The number of hydrogen-bond donors (Lipinski definition) is 2. The maximum atomic E-state index is 11.2. The maximum Gasteiger partial charge on any atom is 0.219 e. The van der Waals surface area contributed by atoms with Crippen molar-refractivity contribution in [3.8, 4) is 6.07 Å². The van der Waals surface area contributed by atoms with Crippen molar-refractivity contribution in [2.45, 2.75) is 20.3 Å². The number of rotatable bonds is 5. The van der Waals surface area contributed by atoms with Crippen molar-refractivity contribution in [2.75, 3.05) is 18.4 Å². The van der Waals surface area contributed by atoms with Crippen LogP contribution < -0.4 is 10.6 Å². The molecule has 2 N–H and O–H groups in total. The van der Waals surface area contributed by atoms with E-state index in [0.29, 0.717) is 30.9 Å². The maximum absolute atomic E-state index is 11.2. The monoisotopic (exact) mass is 282 g/mol. The molecule has 2 rings (SSSR count). The quantitative estimate of drug-likeness (QED) is 0.825. The van der Waals surface area contributed by atoms with Crippen LogP contribution >= 0.6 is 0 Å². The Morgan fingerprint density at radius 1 is 1.38 bits per heavy atom. The molecule has 0 saturated heterocycles. The van der Waals surface area contributed by atoms with Crippen molar-refractivity contribution in [3.63, 3.8) is 0 Å². The predicted molar refractivity (Wildman–Crippen MR) is 83.0 cm³/mol. The fourth-order valence-electron chi connectivity index (χ4n) is 2.07. The van der Waals surface area contributed by atoms with Crippen molar-refractivity contribution in [1.82, 2.24) is 10.3 Å². The van der Waals surface area contributed by atoms with E-state index in [4.69, 9.17) is 0 Å². The molecule has 0 fully saturated rings. The molecule has 2 aromatic rings. The fourth-order valence-corrected chi connectivity index (χ4v) is 2.07. The first-order valence-electron chi connectivity index (χ1n) is 6.96. The number of amides is 1. The van der Waals surface area contributed by atoms with Crippen molar-refractivity contribution in [2.24, 2.45) is 0 Å². The van der Waals surface area contributed by atoms with Crippen molar-refractivity contribution in [3.05, 3.63) is 35.4 Å². The predicted octanol–water partition coefficient (Wildman–Crippen LogP) is 2.35. The number of pyridine rings is 1. The first-order chi connectivity index (χ1) is 10.2. The van der Waals surface area contributed by atoms with E-state index in [1.54, 1.807) is 0 Å². The van der Waals surface area contributed by atoms with Crippen LogP contribution in [-0.2, 0) is 4.79 Å². The Balaban J connectivity index is 2.17. The molecule has 21 heavy (non-hydrogen) atoms. The Hall–Kier alpha value is -2.61. The largest absolute Gasteiger partial charge is 0.367 e. The van der Waals surface area contributed by atoms with E-state index in [9.17, 15) is 10.1 Å². The van der Waals surface area contributed by atoms with Gasteiger partial charge in [-0.05, 0) is 18.6 Å². The molecule has 1 amide bonds. The lowest BCUT2D eigenvalue weighted by Crippen LogP contribution is -2.28. The Morgan fingerprint density at radius 3 is 2.90 bits per heavy atom. The van der Waals surface area contributed by atoms with Crippen molar-refractivity contribution >= 4 is 22.6 Å². The molecule has 0 aliphatic heterocycles. The van der Waals surface area contributed by atoms with E-state index in [1.807, 2.05) is 38.1 Å². The number of anilines is 1. The van der Waals surface area contributed by atoms with Crippen molar-refractivity contribution in [1.29, 1.82) is 5.26 Å². The molecular weight excluding hydrogens is 264 g/mol. The molecule has 108 valence electrons. The zero-order valence-corrected chi connectivity index (χ0v) is 12.2. The second kappa shape index (κ2) is 6.71. The second-order valence-electron chi connectivity index (χ2n) is 4.77. The molecule has 5 nitrogen and oxygen atoms in total. The highest BCUT2D eigenvalue weighted by Gasteiger charge is 2.07. The third-order valence-corrected chi connectivity index (χ3v) is 3.23. The van der Waals surface area contributed by atoms with Gasteiger partial charge in [0.15, 0.2) is 0 Å². The number of nitriles is 1. The van der Waals surface area contributed by atoms with Crippen LogP contribution in [-0.4, -0.2) is 24.0 Å². The number of nitrogens with one attached hydrogen (secondary N) is 2. The van der Waals surface area contributed by atoms with E-state index in [2.05, 4.69) is 21.7 Å². The molecule has 1 heterocycles. The van der Waals surface area contributed by atoms with Crippen LogP contribution in [0.5, 0.6) is 0 Å². The van der Waals surface area contributed by atoms with Gasteiger partial charge in [0, 0.05) is 24.9 Å². The molecule has 1 aromatic heterocycles. The van der Waals surface area contributed by atoms with E-state index < -0.39 is 0 Å². The van der Waals surface area contributed by atoms with Gasteiger partial charge in [0.25, 0.3) is 0 Å². The summed E-state index contributed by atoms with van der Waals surface area (Å²) in [5, 5.41) is 16.1. The van der Waals surface area contributed by atoms with E-state index >= 15 is 0 Å². The highest BCUT2D eigenvalue weighted by molar-refractivity contribution is 5.85. The normalized spacial score (nSPS) is 10.1. The Labute approximate surface area is 124 Å². The van der Waals surface area contributed by atoms with Gasteiger partial charge in [0.05, 0.1) is 11.1 Å². The number of carbonyl (C=O) groups is 1. The number of fused-ring (bicyclic) bond motifs is 1. The van der Waals surface area contributed by atoms with Crippen LogP contribution in [0.25, 0.3) is 10.9 Å². The first-order valence-corrected chi connectivity index (χ1v) is 6.96. The van der Waals surface area contributed by atoms with Crippen LogP contribution in [0.3, 0.4) is 0 Å². The van der Waals surface area contributed by atoms with Gasteiger partial charge in [0.1, 0.15) is 11.9 Å². The number of para-hydroxylation sites is 1. The van der Waals surface area contributed by atoms with Gasteiger partial charge in [-0.2, -0.15) is 5.26 Å². The van der Waals surface area contributed by atoms with Gasteiger partial charge >= 0.3 is 0 Å². The zero-order valence-electron chi connectivity index (χ0n) is 12.2. The molecular formula is C16H18N4O. The molecule has 0 aliphatic rings. The molecule has 0 atom stereocenters. The van der Waals surface area contributed by atoms with Gasteiger partial charge in [-0.25, -0.2) is 4.98 Å². The standard InChI is InChI=1S/C16H18N4O/c1-3-14(21)18-7-8-19-16-13(10-17)9-12-6-4-5-11(2)15(12)20-16/h4-6,9H,3,7-8H2,1-2H3,(H,18,21)(H,19,20). The number of aromatic nitrogens is 1. The Kier molecular flexibility index (Phi) is 4.72. The lowest BCUT2D eigenvalue weighted by Gasteiger charge is -2.10. The van der Waals surface area contributed by atoms with Crippen LogP contribution in [0, 0.1) is 18.3 Å². The average Bonchev–Trinajstić information content (AvgIpc) is 2.51. The third-order valence-electron chi connectivity index (χ3n) is 3.23. The van der Waals surface area contributed by atoms with Crippen LogP contribution in [0.4, 0.5) is 5.82 Å². The van der Waals surface area contributed by atoms with Gasteiger partial charge < -0.3 is 10.6 Å². The first kappa shape index (κ1) is 14.8. The third kappa shape index (κ3) is 3.48. The number of nitrogens with zero attached hydrogens (tertiary/aromatic N) is 2. The van der Waals surface area contributed by atoms with Gasteiger partial charge in [-0.15, -0.1) is 0 Å². The summed E-state index contributed by atoms with van der Waals surface area (Å²) in [6.45, 7) is 4.84. The minimum absolute atomic E-state index is 0.0135. The highest BCUT2D eigenvalue weighted by atomic mass is 16.1. The van der Waals surface area contributed by atoms with Crippen LogP contribution in [0.1, 0.15) is 24.5 Å². The average molecular weight is 282 g/mol. The topological polar surface area (TPSA) is 77.8 Å². The minimum atomic E-state index is 0.0135. The van der Waals surface area contributed by atoms with E-state index in [-0.39, 0.29) is 5.91 Å². The number of aryl methyl sites for hydroxylation is 1. The van der Waals surface area contributed by atoms with Crippen LogP contribution in [0.2, 0.25) is 0 Å². The molecule has 0 bridgehead atoms.